The van der Waals surface area contributed by atoms with Crippen molar-refractivity contribution in [2.45, 2.75) is 70.5 Å². The van der Waals surface area contributed by atoms with Crippen LogP contribution in [0.15, 0.2) is 18.2 Å². The van der Waals surface area contributed by atoms with E-state index in [0.29, 0.717) is 6.61 Å². The predicted octanol–water partition coefficient (Wildman–Crippen LogP) is 2.61. The molecule has 0 bridgehead atoms. The zero-order valence-electron chi connectivity index (χ0n) is 22.0. The van der Waals surface area contributed by atoms with E-state index in [2.05, 4.69) is 49.6 Å². The van der Waals surface area contributed by atoms with Gasteiger partial charge in [-0.1, -0.05) is 26.0 Å². The van der Waals surface area contributed by atoms with E-state index in [9.17, 15) is 14.4 Å². The first kappa shape index (κ1) is 29.5. The van der Waals surface area contributed by atoms with Gasteiger partial charge in [0.05, 0.1) is 24.6 Å². The molecule has 4 atom stereocenters. The average Bonchev–Trinajstić information content (AvgIpc) is 2.97. The molecule has 1 aromatic carbocycles. The van der Waals surface area contributed by atoms with Crippen molar-refractivity contribution < 1.29 is 19.1 Å². The minimum absolute atomic E-state index is 0.0857. The van der Waals surface area contributed by atoms with Crippen LogP contribution in [0, 0.1) is 25.2 Å². The molecule has 4 unspecified atom stereocenters. The highest BCUT2D eigenvalue weighted by Gasteiger charge is 2.49. The fourth-order valence-corrected chi connectivity index (χ4v) is 6.37. The molecule has 3 amide bonds. The van der Waals surface area contributed by atoms with Gasteiger partial charge >= 0.3 is 0 Å². The average molecular weight is 517 g/mol. The molecular weight excluding hydrogens is 476 g/mol. The standard InChI is InChI=1S/C14H25N3O2S.C11H13NO2.C2H2/c1-9-14(2,3)7-12-17(9)13(19)10(5-6-20-12)16-11(18)8-15-4;1-8-2-3-9-10(12-7-13)4-5-14-11(9)6-8;1-2/h9-10,12,15H,5-8H2,1-4H3,(H,16,18);2-3,6-7,10H,4-5H2,1H3,(H,12,13);1-2H. The second kappa shape index (κ2) is 13.6. The van der Waals surface area contributed by atoms with Crippen molar-refractivity contribution in [2.75, 3.05) is 26.0 Å². The van der Waals surface area contributed by atoms with Crippen molar-refractivity contribution in [1.82, 2.24) is 20.9 Å². The van der Waals surface area contributed by atoms with Gasteiger partial charge in [0, 0.05) is 18.0 Å². The molecule has 0 saturated carbocycles. The van der Waals surface area contributed by atoms with Gasteiger partial charge in [0.25, 0.3) is 0 Å². The van der Waals surface area contributed by atoms with Gasteiger partial charge in [-0.05, 0) is 56.5 Å². The topological polar surface area (TPSA) is 99.8 Å². The van der Waals surface area contributed by atoms with Crippen molar-refractivity contribution in [3.63, 3.8) is 0 Å². The summed E-state index contributed by atoms with van der Waals surface area (Å²) in [6.07, 6.45) is 11.3. The van der Waals surface area contributed by atoms with Gasteiger partial charge in [0.1, 0.15) is 11.8 Å². The first-order valence-electron chi connectivity index (χ1n) is 12.3. The molecule has 9 heteroatoms. The van der Waals surface area contributed by atoms with Crippen molar-refractivity contribution in [2.24, 2.45) is 5.41 Å². The van der Waals surface area contributed by atoms with Crippen LogP contribution < -0.4 is 20.7 Å². The number of carbonyl (C=O) groups is 3. The van der Waals surface area contributed by atoms with Crippen molar-refractivity contribution in [3.8, 4) is 18.6 Å². The third kappa shape index (κ3) is 7.17. The number of ether oxygens (including phenoxy) is 1. The normalized spacial score (nSPS) is 25.8. The minimum atomic E-state index is -0.371. The van der Waals surface area contributed by atoms with Gasteiger partial charge in [-0.3, -0.25) is 14.4 Å². The zero-order valence-corrected chi connectivity index (χ0v) is 22.8. The Labute approximate surface area is 219 Å². The molecule has 2 fully saturated rings. The number of fused-ring (bicyclic) bond motifs is 2. The van der Waals surface area contributed by atoms with Gasteiger partial charge in [-0.25, -0.2) is 0 Å². The Morgan fingerprint density at radius 2 is 2.00 bits per heavy atom. The van der Waals surface area contributed by atoms with Crippen LogP contribution in [0.25, 0.3) is 0 Å². The maximum atomic E-state index is 12.7. The highest BCUT2D eigenvalue weighted by Crippen LogP contribution is 2.45. The van der Waals surface area contributed by atoms with Crippen LogP contribution in [-0.4, -0.2) is 66.5 Å². The second-order valence-corrected chi connectivity index (χ2v) is 11.2. The van der Waals surface area contributed by atoms with E-state index in [0.717, 1.165) is 42.7 Å². The smallest absolute Gasteiger partial charge is 0.246 e. The number of nitrogens with one attached hydrogen (secondary N) is 3. The third-order valence-electron chi connectivity index (χ3n) is 6.98. The Kier molecular flexibility index (Phi) is 11.1. The van der Waals surface area contributed by atoms with Crippen LogP contribution in [0.1, 0.15) is 57.2 Å². The van der Waals surface area contributed by atoms with E-state index in [1.54, 1.807) is 7.05 Å². The fourth-order valence-electron chi connectivity index (χ4n) is 4.73. The quantitative estimate of drug-likeness (QED) is 0.411. The number of thioether (sulfide) groups is 1. The van der Waals surface area contributed by atoms with E-state index in [-0.39, 0.29) is 47.3 Å². The highest BCUT2D eigenvalue weighted by molar-refractivity contribution is 7.99. The summed E-state index contributed by atoms with van der Waals surface area (Å²) in [5, 5.41) is 8.74. The van der Waals surface area contributed by atoms with Crippen LogP contribution in [-0.2, 0) is 14.4 Å². The number of aryl methyl sites for hydroxylation is 1. The lowest BCUT2D eigenvalue weighted by Gasteiger charge is -2.32. The summed E-state index contributed by atoms with van der Waals surface area (Å²) >= 11 is 1.85. The summed E-state index contributed by atoms with van der Waals surface area (Å²) in [6, 6.07) is 6.02. The maximum Gasteiger partial charge on any atom is 0.246 e. The first-order chi connectivity index (χ1) is 17.2. The van der Waals surface area contributed by atoms with Crippen LogP contribution in [0.3, 0.4) is 0 Å². The Bertz CT molecular complexity index is 936. The molecule has 2 saturated heterocycles. The Morgan fingerprint density at radius 1 is 1.28 bits per heavy atom. The Hall–Kier alpha value is -2.70. The molecule has 3 N–H and O–H groups in total. The van der Waals surface area contributed by atoms with Crippen LogP contribution in [0.5, 0.6) is 5.75 Å². The van der Waals surface area contributed by atoms with E-state index in [1.807, 2.05) is 41.8 Å². The number of terminal acetylenes is 1. The molecule has 8 nitrogen and oxygen atoms in total. The van der Waals surface area contributed by atoms with Crippen LogP contribution >= 0.6 is 11.8 Å². The van der Waals surface area contributed by atoms with Gasteiger partial charge in [0.2, 0.25) is 18.2 Å². The number of amides is 3. The molecule has 4 rings (SSSR count). The van der Waals surface area contributed by atoms with Crippen LogP contribution in [0.2, 0.25) is 0 Å². The molecule has 3 aliphatic heterocycles. The second-order valence-electron chi connectivity index (χ2n) is 9.89. The third-order valence-corrected chi connectivity index (χ3v) is 8.23. The summed E-state index contributed by atoms with van der Waals surface area (Å²) in [7, 11) is 1.73. The molecule has 3 heterocycles. The number of nitrogens with zero attached hydrogens (tertiary/aromatic N) is 1. The monoisotopic (exact) mass is 516 g/mol. The molecule has 0 spiro atoms. The fraction of sp³-hybridized carbons (Fsp3) is 0.593. The summed E-state index contributed by atoms with van der Waals surface area (Å²) in [4.78, 5) is 36.9. The van der Waals surface area contributed by atoms with E-state index in [1.165, 1.54) is 5.56 Å². The number of carbonyl (C=O) groups excluding carboxylic acids is 3. The van der Waals surface area contributed by atoms with Gasteiger partial charge in [-0.15, -0.1) is 24.6 Å². The summed E-state index contributed by atoms with van der Waals surface area (Å²) in [6.45, 7) is 9.50. The largest absolute Gasteiger partial charge is 0.493 e. The van der Waals surface area contributed by atoms with Crippen molar-refractivity contribution >= 4 is 30.0 Å². The minimum Gasteiger partial charge on any atom is -0.493 e. The molecule has 3 aliphatic rings. The van der Waals surface area contributed by atoms with Crippen molar-refractivity contribution in [1.29, 1.82) is 0 Å². The number of rotatable bonds is 5. The van der Waals surface area contributed by atoms with Gasteiger partial charge in [-0.2, -0.15) is 0 Å². The number of hydrogen-bond acceptors (Lipinski definition) is 6. The predicted molar refractivity (Wildman–Crippen MR) is 145 cm³/mol. The summed E-state index contributed by atoms with van der Waals surface area (Å²) in [5.74, 6) is 1.79. The molecule has 0 aliphatic carbocycles. The number of likely N-dealkylation sites (N-methyl/N-ethyl adjacent to an activating group) is 1. The molecule has 36 heavy (non-hydrogen) atoms. The maximum absolute atomic E-state index is 12.7. The Balaban J connectivity index is 0.000000250. The SMILES string of the molecule is C#C.CNCC(=O)NC1CCSC2CC(C)(C)C(C)N2C1=O.Cc1ccc2c(c1)OCCC2NC=O. The van der Waals surface area contributed by atoms with E-state index in [4.69, 9.17) is 4.74 Å². The van der Waals surface area contributed by atoms with Gasteiger partial charge in [0.15, 0.2) is 0 Å². The number of benzene rings is 1. The Morgan fingerprint density at radius 3 is 2.67 bits per heavy atom. The lowest BCUT2D eigenvalue weighted by atomic mass is 9.86. The molecule has 198 valence electrons. The molecular formula is C27H40N4O4S. The zero-order chi connectivity index (χ0) is 26.9. The van der Waals surface area contributed by atoms with Crippen LogP contribution in [0.4, 0.5) is 0 Å². The number of hydrogen-bond donors (Lipinski definition) is 3. The van der Waals surface area contributed by atoms with E-state index < -0.39 is 0 Å². The molecule has 1 aromatic rings. The molecule has 0 radical (unpaired) electrons. The summed E-state index contributed by atoms with van der Waals surface area (Å²) in [5.41, 5.74) is 2.40. The first-order valence-corrected chi connectivity index (χ1v) is 13.4. The van der Waals surface area contributed by atoms with Gasteiger partial charge < -0.3 is 25.6 Å². The van der Waals surface area contributed by atoms with E-state index >= 15 is 0 Å². The highest BCUT2D eigenvalue weighted by atomic mass is 32.2. The lowest BCUT2D eigenvalue weighted by molar-refractivity contribution is -0.137. The summed E-state index contributed by atoms with van der Waals surface area (Å²) < 4.78 is 5.52. The van der Waals surface area contributed by atoms with Crippen molar-refractivity contribution in [3.05, 3.63) is 29.3 Å². The molecule has 0 aromatic heterocycles. The lowest BCUT2D eigenvalue weighted by Crippen LogP contribution is -2.52.